The van der Waals surface area contributed by atoms with Crippen molar-refractivity contribution in [2.24, 2.45) is 0 Å². The Labute approximate surface area is 123 Å². The van der Waals surface area contributed by atoms with Crippen LogP contribution in [0.4, 0.5) is 17.6 Å². The van der Waals surface area contributed by atoms with Gasteiger partial charge in [-0.15, -0.1) is 0 Å². The molecule has 0 N–H and O–H groups in total. The lowest BCUT2D eigenvalue weighted by Crippen LogP contribution is -1.82. The van der Waals surface area contributed by atoms with Gasteiger partial charge < -0.3 is 0 Å². The zero-order chi connectivity index (χ0) is 16.4. The number of benzene rings is 2. The SMILES string of the molecule is CC.Cc1cc(F)cc(F)c1.Cc1ccc(C(F)F)cc1. The second-order valence-electron chi connectivity index (χ2n) is 4.16. The van der Waals surface area contributed by atoms with Crippen LogP contribution < -0.4 is 0 Å². The first-order valence-corrected chi connectivity index (χ1v) is 6.66. The first-order chi connectivity index (χ1) is 9.88. The molecular weight excluding hydrogens is 280 g/mol. The molecule has 0 saturated heterocycles. The van der Waals surface area contributed by atoms with E-state index in [-0.39, 0.29) is 5.56 Å². The van der Waals surface area contributed by atoms with Gasteiger partial charge in [0.15, 0.2) is 0 Å². The highest BCUT2D eigenvalue weighted by molar-refractivity contribution is 5.21. The number of rotatable bonds is 1. The van der Waals surface area contributed by atoms with Gasteiger partial charge in [-0.25, -0.2) is 17.6 Å². The summed E-state index contributed by atoms with van der Waals surface area (Å²) in [4.78, 5) is 0. The maximum absolute atomic E-state index is 12.2. The third-order valence-electron chi connectivity index (χ3n) is 2.34. The number of halogens is 4. The molecular formula is C17H20F4. The predicted molar refractivity (Wildman–Crippen MR) is 78.6 cm³/mol. The first-order valence-electron chi connectivity index (χ1n) is 6.66. The van der Waals surface area contributed by atoms with Crippen molar-refractivity contribution in [1.82, 2.24) is 0 Å². The molecule has 0 atom stereocenters. The Bertz CT molecular complexity index is 468. The summed E-state index contributed by atoms with van der Waals surface area (Å²) in [6.07, 6.45) is -2.35. The third-order valence-corrected chi connectivity index (χ3v) is 2.34. The standard InChI is InChI=1S/C8H8F2.C7H6F2.C2H6/c1-6-2-4-7(5-3-6)8(9)10;1-5-2-6(8)4-7(9)3-5;1-2/h2-5,8H,1H3;2-4H,1H3;1-2H3. The van der Waals surface area contributed by atoms with Crippen LogP contribution in [0.5, 0.6) is 0 Å². The smallest absolute Gasteiger partial charge is 0.207 e. The maximum atomic E-state index is 12.2. The van der Waals surface area contributed by atoms with Gasteiger partial charge in [0.05, 0.1) is 0 Å². The van der Waals surface area contributed by atoms with E-state index >= 15 is 0 Å². The molecule has 0 aromatic heterocycles. The molecule has 0 radical (unpaired) electrons. The van der Waals surface area contributed by atoms with Gasteiger partial charge in [-0.2, -0.15) is 0 Å². The molecule has 21 heavy (non-hydrogen) atoms. The molecule has 0 bridgehead atoms. The van der Waals surface area contributed by atoms with Crippen LogP contribution in [-0.4, -0.2) is 0 Å². The summed E-state index contributed by atoms with van der Waals surface area (Å²) < 4.78 is 48.2. The topological polar surface area (TPSA) is 0 Å². The van der Waals surface area contributed by atoms with E-state index in [4.69, 9.17) is 0 Å². The average Bonchev–Trinajstić information content (AvgIpc) is 2.40. The molecule has 116 valence electrons. The molecule has 0 aliphatic carbocycles. The monoisotopic (exact) mass is 300 g/mol. The van der Waals surface area contributed by atoms with Crippen LogP contribution in [0.1, 0.15) is 37.0 Å². The molecule has 0 aliphatic rings. The Hall–Kier alpha value is -1.84. The Kier molecular flexibility index (Phi) is 9.10. The van der Waals surface area contributed by atoms with Crippen molar-refractivity contribution in [2.75, 3.05) is 0 Å². The van der Waals surface area contributed by atoms with E-state index in [1.165, 1.54) is 24.3 Å². The van der Waals surface area contributed by atoms with Gasteiger partial charge in [0.25, 0.3) is 6.43 Å². The minimum Gasteiger partial charge on any atom is -0.207 e. The van der Waals surface area contributed by atoms with Crippen molar-refractivity contribution in [3.8, 4) is 0 Å². The fraction of sp³-hybridized carbons (Fsp3) is 0.294. The highest BCUT2D eigenvalue weighted by atomic mass is 19.3. The summed E-state index contributed by atoms with van der Waals surface area (Å²) in [7, 11) is 0. The van der Waals surface area contributed by atoms with E-state index in [1.54, 1.807) is 19.1 Å². The van der Waals surface area contributed by atoms with Crippen LogP contribution >= 0.6 is 0 Å². The predicted octanol–water partition coefficient (Wildman–Crippen LogP) is 6.23. The summed E-state index contributed by atoms with van der Waals surface area (Å²) in [5.41, 5.74) is 1.70. The van der Waals surface area contributed by atoms with Gasteiger partial charge in [0, 0.05) is 11.6 Å². The molecule has 0 nitrogen and oxygen atoms in total. The van der Waals surface area contributed by atoms with Crippen LogP contribution in [0.15, 0.2) is 42.5 Å². The Morgan fingerprint density at radius 2 is 1.14 bits per heavy atom. The van der Waals surface area contributed by atoms with Crippen LogP contribution in [-0.2, 0) is 0 Å². The third kappa shape index (κ3) is 8.12. The summed E-state index contributed by atoms with van der Waals surface area (Å²) in [6.45, 7) is 7.52. The highest BCUT2D eigenvalue weighted by Crippen LogP contribution is 2.18. The van der Waals surface area contributed by atoms with Crippen molar-refractivity contribution in [1.29, 1.82) is 0 Å². The fourth-order valence-corrected chi connectivity index (χ4v) is 1.40. The number of alkyl halides is 2. The Morgan fingerprint density at radius 3 is 1.48 bits per heavy atom. The molecule has 0 aliphatic heterocycles. The first kappa shape index (κ1) is 19.2. The van der Waals surface area contributed by atoms with E-state index in [1.807, 2.05) is 20.8 Å². The van der Waals surface area contributed by atoms with Gasteiger partial charge in [0.2, 0.25) is 0 Å². The lowest BCUT2D eigenvalue weighted by molar-refractivity contribution is 0.151. The fourth-order valence-electron chi connectivity index (χ4n) is 1.40. The molecule has 0 spiro atoms. The number of aryl methyl sites for hydroxylation is 2. The normalized spacial score (nSPS) is 9.38. The van der Waals surface area contributed by atoms with Crippen molar-refractivity contribution < 1.29 is 17.6 Å². The van der Waals surface area contributed by atoms with Gasteiger partial charge in [0.1, 0.15) is 11.6 Å². The summed E-state index contributed by atoms with van der Waals surface area (Å²) >= 11 is 0. The zero-order valence-corrected chi connectivity index (χ0v) is 12.6. The second-order valence-corrected chi connectivity index (χ2v) is 4.16. The van der Waals surface area contributed by atoms with Crippen molar-refractivity contribution in [3.63, 3.8) is 0 Å². The molecule has 0 saturated carbocycles. The van der Waals surface area contributed by atoms with Crippen LogP contribution in [0, 0.1) is 25.5 Å². The van der Waals surface area contributed by atoms with Gasteiger partial charge in [-0.05, 0) is 31.5 Å². The van der Waals surface area contributed by atoms with Crippen LogP contribution in [0.25, 0.3) is 0 Å². The van der Waals surface area contributed by atoms with Gasteiger partial charge in [-0.1, -0.05) is 43.7 Å². The van der Waals surface area contributed by atoms with E-state index in [9.17, 15) is 17.6 Å². The molecule has 2 aromatic carbocycles. The zero-order valence-electron chi connectivity index (χ0n) is 12.6. The van der Waals surface area contributed by atoms with Gasteiger partial charge in [-0.3, -0.25) is 0 Å². The Balaban J connectivity index is 0.000000342. The highest BCUT2D eigenvalue weighted by Gasteiger charge is 2.03. The second kappa shape index (κ2) is 9.97. The number of hydrogen-bond acceptors (Lipinski definition) is 0. The largest absolute Gasteiger partial charge is 0.263 e. The van der Waals surface area contributed by atoms with E-state index < -0.39 is 18.1 Å². The van der Waals surface area contributed by atoms with Crippen LogP contribution in [0.3, 0.4) is 0 Å². The van der Waals surface area contributed by atoms with E-state index in [0.717, 1.165) is 11.6 Å². The minimum atomic E-state index is -2.35. The average molecular weight is 300 g/mol. The summed E-state index contributed by atoms with van der Waals surface area (Å²) in [5.74, 6) is -1.04. The van der Waals surface area contributed by atoms with E-state index in [0.29, 0.717) is 5.56 Å². The summed E-state index contributed by atoms with van der Waals surface area (Å²) in [5, 5.41) is 0. The van der Waals surface area contributed by atoms with Crippen molar-refractivity contribution in [3.05, 3.63) is 70.8 Å². The lowest BCUT2D eigenvalue weighted by Gasteiger charge is -1.97. The van der Waals surface area contributed by atoms with Crippen molar-refractivity contribution in [2.45, 2.75) is 34.1 Å². The van der Waals surface area contributed by atoms with Crippen molar-refractivity contribution >= 4 is 0 Å². The maximum Gasteiger partial charge on any atom is 0.263 e. The molecule has 4 heteroatoms. The lowest BCUT2D eigenvalue weighted by atomic mass is 10.2. The molecule has 0 unspecified atom stereocenters. The van der Waals surface area contributed by atoms with Crippen LogP contribution in [0.2, 0.25) is 0 Å². The number of hydrogen-bond donors (Lipinski definition) is 0. The molecule has 0 heterocycles. The molecule has 2 aromatic rings. The minimum absolute atomic E-state index is 0.0885. The quantitative estimate of drug-likeness (QED) is 0.547. The Morgan fingerprint density at radius 1 is 0.714 bits per heavy atom. The summed E-state index contributed by atoms with van der Waals surface area (Å²) in [6, 6.07) is 9.67. The molecule has 0 amide bonds. The molecule has 0 fully saturated rings. The molecule has 2 rings (SSSR count). The van der Waals surface area contributed by atoms with Gasteiger partial charge >= 0.3 is 0 Å². The van der Waals surface area contributed by atoms with E-state index in [2.05, 4.69) is 0 Å².